The van der Waals surface area contributed by atoms with Crippen LogP contribution in [0.4, 0.5) is 0 Å². The summed E-state index contributed by atoms with van der Waals surface area (Å²) < 4.78 is 1.86. The molecule has 1 aromatic heterocycles. The van der Waals surface area contributed by atoms with Crippen molar-refractivity contribution in [3.8, 4) is 0 Å². The SMILES string of the molecule is CN=C(NCCCc1cnn(C)c1)N1CCC(Cc2ccccc2)CC1. The third kappa shape index (κ3) is 5.35. The Bertz CT molecular complexity index is 683. The molecule has 1 aromatic carbocycles. The van der Waals surface area contributed by atoms with Gasteiger partial charge < -0.3 is 10.2 Å². The topological polar surface area (TPSA) is 45.5 Å². The number of nitrogens with zero attached hydrogens (tertiary/aromatic N) is 4. The van der Waals surface area contributed by atoms with Crippen LogP contribution in [0.25, 0.3) is 0 Å². The van der Waals surface area contributed by atoms with E-state index >= 15 is 0 Å². The lowest BCUT2D eigenvalue weighted by Crippen LogP contribution is -2.46. The first-order valence-electron chi connectivity index (χ1n) is 9.71. The highest BCUT2D eigenvalue weighted by molar-refractivity contribution is 5.79. The number of hydrogen-bond donors (Lipinski definition) is 1. The molecule has 140 valence electrons. The molecule has 0 bridgehead atoms. The molecule has 26 heavy (non-hydrogen) atoms. The van der Waals surface area contributed by atoms with Gasteiger partial charge in [0.1, 0.15) is 0 Å². The van der Waals surface area contributed by atoms with Crippen LogP contribution in [0.3, 0.4) is 0 Å². The zero-order valence-corrected chi connectivity index (χ0v) is 16.1. The summed E-state index contributed by atoms with van der Waals surface area (Å²) in [5, 5.41) is 7.75. The van der Waals surface area contributed by atoms with Crippen LogP contribution in [0.2, 0.25) is 0 Å². The molecule has 3 rings (SSSR count). The van der Waals surface area contributed by atoms with Crippen LogP contribution in [0, 0.1) is 5.92 Å². The van der Waals surface area contributed by atoms with Crippen molar-refractivity contribution in [2.75, 3.05) is 26.7 Å². The minimum atomic E-state index is 0.789. The Labute approximate surface area is 157 Å². The molecule has 2 heterocycles. The highest BCUT2D eigenvalue weighted by Crippen LogP contribution is 2.21. The fourth-order valence-corrected chi connectivity index (χ4v) is 3.72. The highest BCUT2D eigenvalue weighted by Gasteiger charge is 2.21. The molecule has 0 atom stereocenters. The quantitative estimate of drug-likeness (QED) is 0.493. The molecule has 0 unspecified atom stereocenters. The second-order valence-corrected chi connectivity index (χ2v) is 7.22. The number of benzene rings is 1. The van der Waals surface area contributed by atoms with Gasteiger partial charge in [-0.25, -0.2) is 0 Å². The standard InChI is InChI=1S/C21H31N5/c1-22-21(23-12-6-9-20-16-24-25(2)17-20)26-13-10-19(11-14-26)15-18-7-4-3-5-8-18/h3-5,7-8,16-17,19H,6,9-15H2,1-2H3,(H,22,23). The van der Waals surface area contributed by atoms with Gasteiger partial charge in [0.15, 0.2) is 5.96 Å². The zero-order valence-electron chi connectivity index (χ0n) is 16.1. The third-order valence-corrected chi connectivity index (χ3v) is 5.18. The molecule has 1 saturated heterocycles. The Hall–Kier alpha value is -2.30. The van der Waals surface area contributed by atoms with Crippen LogP contribution in [-0.2, 0) is 19.9 Å². The van der Waals surface area contributed by atoms with Crippen molar-refractivity contribution >= 4 is 5.96 Å². The molecule has 5 heteroatoms. The monoisotopic (exact) mass is 353 g/mol. The van der Waals surface area contributed by atoms with Crippen molar-refractivity contribution in [3.05, 3.63) is 53.9 Å². The van der Waals surface area contributed by atoms with E-state index in [4.69, 9.17) is 0 Å². The lowest BCUT2D eigenvalue weighted by atomic mass is 9.90. The number of aliphatic imine (C=N–C) groups is 1. The van der Waals surface area contributed by atoms with Crippen molar-refractivity contribution in [2.24, 2.45) is 18.0 Å². The smallest absolute Gasteiger partial charge is 0.193 e. The van der Waals surface area contributed by atoms with E-state index in [0.717, 1.165) is 44.4 Å². The van der Waals surface area contributed by atoms with Gasteiger partial charge in [-0.2, -0.15) is 5.10 Å². The van der Waals surface area contributed by atoms with Crippen LogP contribution in [0.15, 0.2) is 47.7 Å². The first-order chi connectivity index (χ1) is 12.7. The fraction of sp³-hybridized carbons (Fsp3) is 0.524. The van der Waals surface area contributed by atoms with E-state index in [-0.39, 0.29) is 0 Å². The Morgan fingerprint density at radius 1 is 1.19 bits per heavy atom. The van der Waals surface area contributed by atoms with Crippen molar-refractivity contribution in [3.63, 3.8) is 0 Å². The molecular formula is C21H31N5. The normalized spacial score (nSPS) is 16.1. The largest absolute Gasteiger partial charge is 0.356 e. The minimum absolute atomic E-state index is 0.789. The summed E-state index contributed by atoms with van der Waals surface area (Å²) in [6.07, 6.45) is 9.87. The molecule has 0 saturated carbocycles. The molecule has 5 nitrogen and oxygen atoms in total. The Morgan fingerprint density at radius 3 is 2.62 bits per heavy atom. The van der Waals surface area contributed by atoms with Crippen LogP contribution >= 0.6 is 0 Å². The number of hydrogen-bond acceptors (Lipinski definition) is 2. The molecule has 0 radical (unpaired) electrons. The van der Waals surface area contributed by atoms with E-state index in [2.05, 4.69) is 56.8 Å². The van der Waals surface area contributed by atoms with E-state index in [1.165, 1.54) is 30.4 Å². The molecule has 2 aromatic rings. The van der Waals surface area contributed by atoms with Gasteiger partial charge in [-0.05, 0) is 49.1 Å². The predicted octanol–water partition coefficient (Wildman–Crippen LogP) is 2.88. The lowest BCUT2D eigenvalue weighted by molar-refractivity contribution is 0.259. The van der Waals surface area contributed by atoms with Crippen molar-refractivity contribution < 1.29 is 0 Å². The number of aryl methyl sites for hydroxylation is 2. The van der Waals surface area contributed by atoms with E-state index in [9.17, 15) is 0 Å². The molecular weight excluding hydrogens is 322 g/mol. The van der Waals surface area contributed by atoms with Gasteiger partial charge in [0.25, 0.3) is 0 Å². The minimum Gasteiger partial charge on any atom is -0.356 e. The lowest BCUT2D eigenvalue weighted by Gasteiger charge is -2.34. The summed E-state index contributed by atoms with van der Waals surface area (Å²) in [5.41, 5.74) is 2.76. The Balaban J connectivity index is 1.38. The van der Waals surface area contributed by atoms with E-state index in [1.807, 2.05) is 25.0 Å². The first-order valence-corrected chi connectivity index (χ1v) is 9.71. The van der Waals surface area contributed by atoms with Crippen LogP contribution < -0.4 is 5.32 Å². The summed E-state index contributed by atoms with van der Waals surface area (Å²) in [5.74, 6) is 1.84. The maximum Gasteiger partial charge on any atom is 0.193 e. The summed E-state index contributed by atoms with van der Waals surface area (Å²) in [6.45, 7) is 3.14. The highest BCUT2D eigenvalue weighted by atomic mass is 15.3. The van der Waals surface area contributed by atoms with Gasteiger partial charge >= 0.3 is 0 Å². The number of aromatic nitrogens is 2. The summed E-state index contributed by atoms with van der Waals surface area (Å²) >= 11 is 0. The van der Waals surface area contributed by atoms with Crippen LogP contribution in [-0.4, -0.2) is 47.3 Å². The third-order valence-electron chi connectivity index (χ3n) is 5.18. The van der Waals surface area contributed by atoms with Gasteiger partial charge in [-0.1, -0.05) is 30.3 Å². The summed E-state index contributed by atoms with van der Waals surface area (Å²) in [4.78, 5) is 6.89. The van der Waals surface area contributed by atoms with Gasteiger partial charge in [-0.15, -0.1) is 0 Å². The molecule has 0 aliphatic carbocycles. The number of guanidine groups is 1. The van der Waals surface area contributed by atoms with Gasteiger partial charge in [-0.3, -0.25) is 9.67 Å². The van der Waals surface area contributed by atoms with Crippen LogP contribution in [0.5, 0.6) is 0 Å². The molecule has 0 spiro atoms. The van der Waals surface area contributed by atoms with E-state index < -0.39 is 0 Å². The molecule has 1 aliphatic heterocycles. The molecule has 0 amide bonds. The number of piperidine rings is 1. The molecule has 1 aliphatic rings. The second-order valence-electron chi connectivity index (χ2n) is 7.22. The maximum atomic E-state index is 4.48. The zero-order chi connectivity index (χ0) is 18.2. The predicted molar refractivity (Wildman–Crippen MR) is 107 cm³/mol. The first kappa shape index (κ1) is 18.5. The number of rotatable bonds is 6. The van der Waals surface area contributed by atoms with Gasteiger partial charge in [0.2, 0.25) is 0 Å². The Kier molecular flexibility index (Phi) is 6.69. The van der Waals surface area contributed by atoms with Crippen molar-refractivity contribution in [2.45, 2.75) is 32.1 Å². The van der Waals surface area contributed by atoms with Crippen LogP contribution in [0.1, 0.15) is 30.4 Å². The number of nitrogens with one attached hydrogen (secondary N) is 1. The summed E-state index contributed by atoms with van der Waals surface area (Å²) in [7, 11) is 3.85. The van der Waals surface area contributed by atoms with Gasteiger partial charge in [0, 0.05) is 39.9 Å². The van der Waals surface area contributed by atoms with Crippen molar-refractivity contribution in [1.29, 1.82) is 0 Å². The second kappa shape index (κ2) is 9.41. The Morgan fingerprint density at radius 2 is 1.96 bits per heavy atom. The van der Waals surface area contributed by atoms with Crippen molar-refractivity contribution in [1.82, 2.24) is 20.0 Å². The average Bonchev–Trinajstić information content (AvgIpc) is 3.09. The molecule has 1 fully saturated rings. The average molecular weight is 354 g/mol. The number of likely N-dealkylation sites (tertiary alicyclic amines) is 1. The molecule has 1 N–H and O–H groups in total. The van der Waals surface area contributed by atoms with E-state index in [0.29, 0.717) is 0 Å². The fourth-order valence-electron chi connectivity index (χ4n) is 3.72. The van der Waals surface area contributed by atoms with E-state index in [1.54, 1.807) is 0 Å². The maximum absolute atomic E-state index is 4.48. The van der Waals surface area contributed by atoms with Gasteiger partial charge in [0.05, 0.1) is 6.20 Å². The summed E-state index contributed by atoms with van der Waals surface area (Å²) in [6, 6.07) is 10.9.